The second-order valence-corrected chi connectivity index (χ2v) is 9.48. The summed E-state index contributed by atoms with van der Waals surface area (Å²) in [5, 5.41) is 0.688. The van der Waals surface area contributed by atoms with Crippen LogP contribution >= 0.6 is 11.3 Å². The fraction of sp³-hybridized carbons (Fsp3) is 0.458. The van der Waals surface area contributed by atoms with Crippen molar-refractivity contribution in [2.24, 2.45) is 0 Å². The molecule has 1 aliphatic heterocycles. The predicted octanol–water partition coefficient (Wildman–Crippen LogP) is 2.86. The molecule has 0 aliphatic carbocycles. The normalized spacial score (nSPS) is 14.8. The van der Waals surface area contributed by atoms with Gasteiger partial charge in [-0.05, 0) is 43.5 Å². The lowest BCUT2D eigenvalue weighted by Gasteiger charge is -2.34. The van der Waals surface area contributed by atoms with E-state index in [9.17, 15) is 9.59 Å². The van der Waals surface area contributed by atoms with Crippen LogP contribution in [0.5, 0.6) is 5.75 Å². The molecule has 1 aromatic carbocycles. The molecule has 4 rings (SSSR count). The van der Waals surface area contributed by atoms with Crippen molar-refractivity contribution < 1.29 is 9.53 Å². The van der Waals surface area contributed by atoms with Gasteiger partial charge in [0.2, 0.25) is 5.91 Å². The van der Waals surface area contributed by atoms with Crippen LogP contribution in [-0.4, -0.2) is 65.1 Å². The van der Waals surface area contributed by atoms with Crippen LogP contribution in [-0.2, 0) is 17.8 Å². The van der Waals surface area contributed by atoms with E-state index in [1.165, 1.54) is 5.56 Å². The summed E-state index contributed by atoms with van der Waals surface area (Å²) < 4.78 is 6.78. The number of methoxy groups -OCH3 is 1. The molecule has 1 aliphatic rings. The molecule has 32 heavy (non-hydrogen) atoms. The third-order valence-corrected chi connectivity index (χ3v) is 7.44. The van der Waals surface area contributed by atoms with Crippen LogP contribution in [0, 0.1) is 13.8 Å². The highest BCUT2D eigenvalue weighted by atomic mass is 32.1. The van der Waals surface area contributed by atoms with E-state index in [0.29, 0.717) is 18.4 Å². The van der Waals surface area contributed by atoms with E-state index in [2.05, 4.69) is 22.0 Å². The van der Waals surface area contributed by atoms with Gasteiger partial charge in [-0.25, -0.2) is 4.98 Å². The fourth-order valence-electron chi connectivity index (χ4n) is 4.10. The molecule has 0 radical (unpaired) electrons. The molecule has 0 N–H and O–H groups in total. The Kier molecular flexibility index (Phi) is 6.91. The number of benzene rings is 1. The minimum absolute atomic E-state index is 0.0481. The third-order valence-electron chi connectivity index (χ3n) is 6.32. The third kappa shape index (κ3) is 4.86. The summed E-state index contributed by atoms with van der Waals surface area (Å²) in [4.78, 5) is 36.2. The molecule has 1 saturated heterocycles. The second kappa shape index (κ2) is 9.83. The van der Waals surface area contributed by atoms with Gasteiger partial charge in [0, 0.05) is 50.6 Å². The first-order valence-electron chi connectivity index (χ1n) is 11.0. The number of aromatic nitrogens is 2. The van der Waals surface area contributed by atoms with Gasteiger partial charge in [0.25, 0.3) is 5.56 Å². The molecule has 0 unspecified atom stereocenters. The maximum atomic E-state index is 12.8. The Morgan fingerprint density at radius 3 is 2.50 bits per heavy atom. The van der Waals surface area contributed by atoms with Crippen molar-refractivity contribution in [3.63, 3.8) is 0 Å². The number of carbonyl (C=O) groups is 1. The van der Waals surface area contributed by atoms with Gasteiger partial charge in [0.1, 0.15) is 10.6 Å². The van der Waals surface area contributed by atoms with Crippen molar-refractivity contribution in [2.75, 3.05) is 39.8 Å². The maximum absolute atomic E-state index is 12.8. The summed E-state index contributed by atoms with van der Waals surface area (Å²) in [5.74, 6) is 0.976. The summed E-state index contributed by atoms with van der Waals surface area (Å²) in [7, 11) is 1.68. The maximum Gasteiger partial charge on any atom is 0.262 e. The summed E-state index contributed by atoms with van der Waals surface area (Å²) in [6.45, 7) is 8.53. The minimum atomic E-state index is -0.0481. The number of hydrogen-bond donors (Lipinski definition) is 0. The topological polar surface area (TPSA) is 67.7 Å². The van der Waals surface area contributed by atoms with E-state index in [1.54, 1.807) is 29.3 Å². The van der Waals surface area contributed by atoms with Gasteiger partial charge in [-0.3, -0.25) is 19.1 Å². The number of rotatable bonds is 7. The van der Waals surface area contributed by atoms with Crippen LogP contribution in [0.2, 0.25) is 0 Å². The average molecular weight is 455 g/mol. The van der Waals surface area contributed by atoms with Crippen molar-refractivity contribution in [2.45, 2.75) is 33.2 Å². The number of hydrogen-bond acceptors (Lipinski definition) is 6. The molecule has 0 spiro atoms. The Labute approximate surface area is 192 Å². The van der Waals surface area contributed by atoms with Crippen LogP contribution in [0.25, 0.3) is 10.2 Å². The molecule has 3 aromatic rings. The van der Waals surface area contributed by atoms with Crippen molar-refractivity contribution in [3.8, 4) is 5.75 Å². The molecular formula is C24H30N4O3S. The molecule has 1 fully saturated rings. The Hall–Kier alpha value is -2.71. The van der Waals surface area contributed by atoms with E-state index < -0.39 is 0 Å². The van der Waals surface area contributed by atoms with E-state index in [-0.39, 0.29) is 11.5 Å². The smallest absolute Gasteiger partial charge is 0.262 e. The number of aryl methyl sites for hydroxylation is 3. The molecule has 0 atom stereocenters. The van der Waals surface area contributed by atoms with Crippen LogP contribution in [0.1, 0.15) is 22.4 Å². The average Bonchev–Trinajstić information content (AvgIpc) is 3.11. The van der Waals surface area contributed by atoms with Crippen LogP contribution in [0.3, 0.4) is 0 Å². The number of carbonyl (C=O) groups excluding carboxylic acids is 1. The molecule has 2 aromatic heterocycles. The van der Waals surface area contributed by atoms with Crippen LogP contribution in [0.15, 0.2) is 35.4 Å². The van der Waals surface area contributed by atoms with E-state index >= 15 is 0 Å². The standard InChI is InChI=1S/C24H30N4O3S/c1-17-18(2)32-23-22(17)24(30)28(16-25-23)11-9-21(29)27-14-12-26(13-15-27)10-8-19-4-6-20(31-3)7-5-19/h4-7,16H,8-15H2,1-3H3. The van der Waals surface area contributed by atoms with Gasteiger partial charge in [-0.2, -0.15) is 0 Å². The Balaban J connectivity index is 1.26. The summed E-state index contributed by atoms with van der Waals surface area (Å²) >= 11 is 1.54. The zero-order chi connectivity index (χ0) is 22.7. The van der Waals surface area contributed by atoms with Crippen LogP contribution in [0.4, 0.5) is 0 Å². The van der Waals surface area contributed by atoms with Gasteiger partial charge in [-0.1, -0.05) is 12.1 Å². The number of thiophene rings is 1. The number of fused-ring (bicyclic) bond motifs is 1. The molecule has 7 nitrogen and oxygen atoms in total. The zero-order valence-electron chi connectivity index (χ0n) is 19.0. The quantitative estimate of drug-likeness (QED) is 0.549. The lowest BCUT2D eigenvalue weighted by molar-refractivity contribution is -0.133. The Morgan fingerprint density at radius 2 is 1.81 bits per heavy atom. The minimum Gasteiger partial charge on any atom is -0.497 e. The van der Waals surface area contributed by atoms with Gasteiger partial charge in [-0.15, -0.1) is 11.3 Å². The van der Waals surface area contributed by atoms with Crippen molar-refractivity contribution in [3.05, 3.63) is 57.0 Å². The Morgan fingerprint density at radius 1 is 1.09 bits per heavy atom. The van der Waals surface area contributed by atoms with Gasteiger partial charge in [0.05, 0.1) is 18.8 Å². The Bertz CT molecular complexity index is 1140. The van der Waals surface area contributed by atoms with E-state index in [4.69, 9.17) is 4.74 Å². The first-order valence-corrected chi connectivity index (χ1v) is 11.9. The van der Waals surface area contributed by atoms with E-state index in [0.717, 1.165) is 60.2 Å². The molecule has 170 valence electrons. The van der Waals surface area contributed by atoms with Gasteiger partial charge >= 0.3 is 0 Å². The molecule has 1 amide bonds. The predicted molar refractivity (Wildman–Crippen MR) is 128 cm³/mol. The highest BCUT2D eigenvalue weighted by Gasteiger charge is 2.21. The summed E-state index contributed by atoms with van der Waals surface area (Å²) in [6, 6.07) is 8.19. The van der Waals surface area contributed by atoms with Gasteiger partial charge < -0.3 is 9.64 Å². The molecule has 8 heteroatoms. The second-order valence-electron chi connectivity index (χ2n) is 8.28. The highest BCUT2D eigenvalue weighted by Crippen LogP contribution is 2.25. The van der Waals surface area contributed by atoms with Gasteiger partial charge in [0.15, 0.2) is 0 Å². The first kappa shape index (κ1) is 22.5. The van der Waals surface area contributed by atoms with Crippen molar-refractivity contribution in [1.82, 2.24) is 19.4 Å². The van der Waals surface area contributed by atoms with Crippen LogP contribution < -0.4 is 10.3 Å². The molecule has 0 bridgehead atoms. The summed E-state index contributed by atoms with van der Waals surface area (Å²) in [6.07, 6.45) is 2.88. The highest BCUT2D eigenvalue weighted by molar-refractivity contribution is 7.18. The van der Waals surface area contributed by atoms with Crippen molar-refractivity contribution >= 4 is 27.5 Å². The lowest BCUT2D eigenvalue weighted by atomic mass is 10.1. The largest absolute Gasteiger partial charge is 0.497 e. The fourth-order valence-corrected chi connectivity index (χ4v) is 5.09. The number of ether oxygens (including phenoxy) is 1. The SMILES string of the molecule is COc1ccc(CCN2CCN(C(=O)CCn3cnc4sc(C)c(C)c4c3=O)CC2)cc1. The number of nitrogens with zero attached hydrogens (tertiary/aromatic N) is 4. The van der Waals surface area contributed by atoms with Crippen molar-refractivity contribution in [1.29, 1.82) is 0 Å². The monoisotopic (exact) mass is 454 g/mol. The first-order chi connectivity index (χ1) is 15.5. The lowest BCUT2D eigenvalue weighted by Crippen LogP contribution is -2.49. The number of piperazine rings is 1. The summed E-state index contributed by atoms with van der Waals surface area (Å²) in [5.41, 5.74) is 2.23. The number of amides is 1. The molecular weight excluding hydrogens is 424 g/mol. The van der Waals surface area contributed by atoms with E-state index in [1.807, 2.05) is 30.9 Å². The molecule has 0 saturated carbocycles. The zero-order valence-corrected chi connectivity index (χ0v) is 19.8. The molecule has 3 heterocycles.